The van der Waals surface area contributed by atoms with Crippen molar-refractivity contribution in [3.8, 4) is 17.6 Å². The van der Waals surface area contributed by atoms with Crippen LogP contribution >= 0.6 is 0 Å². The van der Waals surface area contributed by atoms with Crippen LogP contribution in [0.25, 0.3) is 0 Å². The lowest BCUT2D eigenvalue weighted by Crippen LogP contribution is -2.44. The summed E-state index contributed by atoms with van der Waals surface area (Å²) >= 11 is 0. The lowest BCUT2D eigenvalue weighted by atomic mass is 9.53. The zero-order chi connectivity index (χ0) is 22.8. The number of hydrogen-bond donors (Lipinski definition) is 0. The first-order chi connectivity index (χ1) is 16.1. The van der Waals surface area contributed by atoms with E-state index in [0.717, 1.165) is 36.7 Å². The first-order valence-electron chi connectivity index (χ1n) is 13.6. The summed E-state index contributed by atoms with van der Waals surface area (Å²) in [7, 11) is 4.18. The van der Waals surface area contributed by atoms with Gasteiger partial charge in [-0.1, -0.05) is 35.6 Å². The topological polar surface area (TPSA) is 12.5 Å². The highest BCUT2D eigenvalue weighted by Crippen LogP contribution is 2.63. The smallest absolute Gasteiger partial charge is 0.119 e. The van der Waals surface area contributed by atoms with Crippen LogP contribution in [-0.2, 0) is 6.42 Å². The molecule has 3 saturated carbocycles. The predicted molar refractivity (Wildman–Crippen MR) is 137 cm³/mol. The lowest BCUT2D eigenvalue weighted by Gasteiger charge is -2.51. The van der Waals surface area contributed by atoms with Gasteiger partial charge in [-0.05, 0) is 126 Å². The zero-order valence-corrected chi connectivity index (χ0v) is 21.2. The number of rotatable bonds is 6. The van der Waals surface area contributed by atoms with E-state index in [4.69, 9.17) is 4.74 Å². The fraction of sp³-hybridized carbons (Fsp3) is 0.677. The molecular formula is C31H43NO. The summed E-state index contributed by atoms with van der Waals surface area (Å²) in [5, 5.41) is 0. The monoisotopic (exact) mass is 445 g/mol. The Morgan fingerprint density at radius 1 is 0.970 bits per heavy atom. The predicted octanol–water partition coefficient (Wildman–Crippen LogP) is 6.90. The van der Waals surface area contributed by atoms with Gasteiger partial charge in [0.1, 0.15) is 12.4 Å². The average Bonchev–Trinajstić information content (AvgIpc) is 3.18. The van der Waals surface area contributed by atoms with Crippen LogP contribution in [-0.4, -0.2) is 32.1 Å². The van der Waals surface area contributed by atoms with Gasteiger partial charge in [-0.3, -0.25) is 0 Å². The summed E-state index contributed by atoms with van der Waals surface area (Å²) in [6.07, 6.45) is 15.3. The van der Waals surface area contributed by atoms with E-state index < -0.39 is 0 Å². The first kappa shape index (κ1) is 23.0. The molecule has 1 aromatic rings. The van der Waals surface area contributed by atoms with E-state index in [0.29, 0.717) is 11.3 Å². The molecule has 3 fully saturated rings. The van der Waals surface area contributed by atoms with E-state index in [1.807, 2.05) is 18.1 Å². The van der Waals surface area contributed by atoms with Crippen LogP contribution in [0.3, 0.4) is 0 Å². The first-order valence-corrected chi connectivity index (χ1v) is 13.6. The number of allylic oxidation sites excluding steroid dienone is 2. The van der Waals surface area contributed by atoms with Crippen LogP contribution in [0.5, 0.6) is 5.75 Å². The van der Waals surface area contributed by atoms with E-state index in [1.165, 1.54) is 76.2 Å². The minimum Gasteiger partial charge on any atom is -0.492 e. The van der Waals surface area contributed by atoms with Crippen molar-refractivity contribution < 1.29 is 4.74 Å². The molecule has 5 rings (SSSR count). The van der Waals surface area contributed by atoms with Gasteiger partial charge in [-0.2, -0.15) is 0 Å². The third-order valence-corrected chi connectivity index (χ3v) is 9.55. The lowest BCUT2D eigenvalue weighted by molar-refractivity contribution is 0.0672. The summed E-state index contributed by atoms with van der Waals surface area (Å²) in [6.45, 7) is 3.74. The second-order valence-electron chi connectivity index (χ2n) is 11.5. The molecular weight excluding hydrogens is 402 g/mol. The minimum absolute atomic E-state index is 0.368. The fourth-order valence-electron chi connectivity index (χ4n) is 8.08. The second kappa shape index (κ2) is 9.87. The van der Waals surface area contributed by atoms with E-state index in [9.17, 15) is 0 Å². The summed E-state index contributed by atoms with van der Waals surface area (Å²) in [4.78, 5) is 2.16. The van der Waals surface area contributed by atoms with Gasteiger partial charge in [0.2, 0.25) is 0 Å². The van der Waals surface area contributed by atoms with Crippen molar-refractivity contribution in [1.82, 2.24) is 4.90 Å². The number of ether oxygens (including phenoxy) is 1. The van der Waals surface area contributed by atoms with E-state index in [-0.39, 0.29) is 0 Å². The van der Waals surface area contributed by atoms with Gasteiger partial charge in [0.15, 0.2) is 0 Å². The third-order valence-electron chi connectivity index (χ3n) is 9.55. The molecule has 4 aliphatic carbocycles. The van der Waals surface area contributed by atoms with Crippen molar-refractivity contribution in [2.45, 2.75) is 77.6 Å². The van der Waals surface area contributed by atoms with Crippen LogP contribution in [0.15, 0.2) is 35.4 Å². The van der Waals surface area contributed by atoms with Crippen molar-refractivity contribution in [2.24, 2.45) is 29.1 Å². The molecule has 33 heavy (non-hydrogen) atoms. The number of likely N-dealkylation sites (N-methyl/N-ethyl adjacent to an activating group) is 1. The molecule has 0 aliphatic heterocycles. The van der Waals surface area contributed by atoms with Gasteiger partial charge in [-0.25, -0.2) is 0 Å². The normalized spacial score (nSPS) is 33.1. The summed E-state index contributed by atoms with van der Waals surface area (Å²) in [6, 6.07) is 9.04. The zero-order valence-electron chi connectivity index (χ0n) is 21.2. The Kier molecular flexibility index (Phi) is 6.89. The molecule has 0 saturated heterocycles. The largest absolute Gasteiger partial charge is 0.492 e. The van der Waals surface area contributed by atoms with Gasteiger partial charge in [0.05, 0.1) is 0 Å². The van der Waals surface area contributed by atoms with Crippen molar-refractivity contribution >= 4 is 0 Å². The molecule has 5 atom stereocenters. The number of hydrogen-bond acceptors (Lipinski definition) is 2. The quantitative estimate of drug-likeness (QED) is 0.349. The molecule has 2 heteroatoms. The highest BCUT2D eigenvalue weighted by Gasteiger charge is 2.55. The maximum absolute atomic E-state index is 5.96. The van der Waals surface area contributed by atoms with Gasteiger partial charge in [0, 0.05) is 12.5 Å². The Labute approximate surface area is 202 Å². The van der Waals surface area contributed by atoms with Crippen LogP contribution < -0.4 is 4.74 Å². The minimum atomic E-state index is 0.368. The molecule has 0 amide bonds. The second-order valence-corrected chi connectivity index (χ2v) is 11.5. The molecule has 178 valence electrons. The molecule has 1 unspecified atom stereocenters. The summed E-state index contributed by atoms with van der Waals surface area (Å²) < 4.78 is 5.96. The summed E-state index contributed by atoms with van der Waals surface area (Å²) in [5.41, 5.74) is 5.70. The fourth-order valence-corrected chi connectivity index (χ4v) is 8.08. The molecule has 1 aromatic carbocycles. The molecule has 0 N–H and O–H groups in total. The van der Waals surface area contributed by atoms with Crippen molar-refractivity contribution in [1.29, 1.82) is 0 Å². The molecule has 0 bridgehead atoms. The molecule has 2 nitrogen and oxygen atoms in total. The van der Waals surface area contributed by atoms with Gasteiger partial charge in [-0.15, -0.1) is 5.92 Å². The van der Waals surface area contributed by atoms with Crippen molar-refractivity contribution in [3.05, 3.63) is 41.0 Å². The van der Waals surface area contributed by atoms with E-state index >= 15 is 0 Å². The Morgan fingerprint density at radius 2 is 1.82 bits per heavy atom. The van der Waals surface area contributed by atoms with Gasteiger partial charge >= 0.3 is 0 Å². The van der Waals surface area contributed by atoms with Crippen LogP contribution in [0.2, 0.25) is 0 Å². The van der Waals surface area contributed by atoms with E-state index in [2.05, 4.69) is 55.1 Å². The molecule has 4 aliphatic rings. The highest BCUT2D eigenvalue weighted by atomic mass is 16.5. The Bertz CT molecular complexity index is 916. The van der Waals surface area contributed by atoms with Crippen molar-refractivity contribution in [3.63, 3.8) is 0 Å². The van der Waals surface area contributed by atoms with Gasteiger partial charge < -0.3 is 9.64 Å². The highest BCUT2D eigenvalue weighted by molar-refractivity contribution is 5.33. The molecule has 0 heterocycles. The Hall–Kier alpha value is -1.72. The Morgan fingerprint density at radius 3 is 2.61 bits per heavy atom. The van der Waals surface area contributed by atoms with Crippen LogP contribution in [0.1, 0.15) is 76.7 Å². The maximum atomic E-state index is 5.96. The van der Waals surface area contributed by atoms with Gasteiger partial charge in [0.25, 0.3) is 0 Å². The SMILES string of the molecule is CC#C[C@@H]1CC[C@H]2[C@@H]3CCC4CCCCC4=C3CC[C@]12Cc1ccc(OCCN(C)C)cc1. The number of benzene rings is 1. The molecule has 0 aromatic heterocycles. The summed E-state index contributed by atoms with van der Waals surface area (Å²) in [5.74, 6) is 11.2. The number of fused-ring (bicyclic) bond motifs is 4. The van der Waals surface area contributed by atoms with Crippen LogP contribution in [0.4, 0.5) is 0 Å². The van der Waals surface area contributed by atoms with Crippen molar-refractivity contribution in [2.75, 3.05) is 27.2 Å². The third kappa shape index (κ3) is 4.51. The van der Waals surface area contributed by atoms with E-state index in [1.54, 1.807) is 0 Å². The maximum Gasteiger partial charge on any atom is 0.119 e. The number of nitrogens with zero attached hydrogens (tertiary/aromatic N) is 1. The Balaban J connectivity index is 1.38. The molecule has 0 spiro atoms. The van der Waals surface area contributed by atoms with Crippen LogP contribution in [0, 0.1) is 40.9 Å². The average molecular weight is 446 g/mol. The molecule has 0 radical (unpaired) electrons. The standard InChI is InChI=1S/C31H43NO/c1-4-7-25-13-17-30-29-16-12-24-8-5-6-9-27(24)28(29)18-19-31(25,30)22-23-10-14-26(15-11-23)33-21-20-32(2)3/h10-11,14-15,24-25,29-30H,5-6,8-9,12-13,16-22H2,1-3H3/t24?,25-,29-,30+,31+/m1/s1.